The van der Waals surface area contributed by atoms with Crippen molar-refractivity contribution in [3.05, 3.63) is 71.0 Å². The molecule has 1 heterocycles. The van der Waals surface area contributed by atoms with Gasteiger partial charge in [0.15, 0.2) is 12.4 Å². The van der Waals surface area contributed by atoms with E-state index in [2.05, 4.69) is 5.32 Å². The number of amides is 2. The van der Waals surface area contributed by atoms with Gasteiger partial charge in [0.1, 0.15) is 5.82 Å². The number of aryl methyl sites for hydroxylation is 1. The molecule has 0 spiro atoms. The number of likely N-dealkylation sites (tertiary alicyclic amines) is 1. The summed E-state index contributed by atoms with van der Waals surface area (Å²) in [6, 6.07) is 12.5. The molecule has 8 heteroatoms. The molecule has 2 aromatic rings. The van der Waals surface area contributed by atoms with Crippen molar-refractivity contribution in [3.8, 4) is 0 Å². The van der Waals surface area contributed by atoms with Crippen molar-refractivity contribution in [2.24, 2.45) is 5.92 Å². The van der Waals surface area contributed by atoms with Gasteiger partial charge in [0.05, 0.1) is 5.92 Å². The molecule has 1 N–H and O–H groups in total. The fourth-order valence-corrected chi connectivity index (χ4v) is 3.85. The zero-order valence-electron chi connectivity index (χ0n) is 19.2. The maximum Gasteiger partial charge on any atom is 0.309 e. The highest BCUT2D eigenvalue weighted by molar-refractivity contribution is 5.98. The number of Topliss-reactive ketones (excluding diaryl/α,β-unsaturated/α-hetero) is 1. The molecule has 0 saturated carbocycles. The van der Waals surface area contributed by atoms with Crippen molar-refractivity contribution in [3.63, 3.8) is 0 Å². The second kappa shape index (κ2) is 12.1. The Kier molecular flexibility index (Phi) is 8.90. The van der Waals surface area contributed by atoms with Crippen molar-refractivity contribution in [1.29, 1.82) is 0 Å². The molecule has 34 heavy (non-hydrogen) atoms. The predicted octanol–water partition coefficient (Wildman–Crippen LogP) is 3.17. The molecule has 0 aliphatic carbocycles. The topological polar surface area (TPSA) is 92.8 Å². The summed E-state index contributed by atoms with van der Waals surface area (Å²) in [6.45, 7) is 2.55. The van der Waals surface area contributed by atoms with Crippen molar-refractivity contribution in [2.45, 2.75) is 32.6 Å². The third kappa shape index (κ3) is 7.23. The van der Waals surface area contributed by atoms with E-state index in [0.717, 1.165) is 18.4 Å². The number of ether oxygens (including phenoxy) is 1. The van der Waals surface area contributed by atoms with Crippen molar-refractivity contribution in [2.75, 3.05) is 26.2 Å². The van der Waals surface area contributed by atoms with E-state index < -0.39 is 11.8 Å². The van der Waals surface area contributed by atoms with Crippen LogP contribution in [0.1, 0.15) is 52.5 Å². The Labute approximate surface area is 198 Å². The zero-order valence-corrected chi connectivity index (χ0v) is 19.2. The molecule has 3 rings (SSSR count). The number of nitrogens with one attached hydrogen (secondary N) is 1. The molecule has 1 fully saturated rings. The van der Waals surface area contributed by atoms with E-state index in [1.165, 1.54) is 31.2 Å². The molecule has 1 aliphatic heterocycles. The number of benzene rings is 2. The van der Waals surface area contributed by atoms with Gasteiger partial charge in [-0.2, -0.15) is 0 Å². The number of carbonyl (C=O) groups excluding carboxylic acids is 4. The summed E-state index contributed by atoms with van der Waals surface area (Å²) in [4.78, 5) is 49.8. The number of rotatable bonds is 9. The zero-order chi connectivity index (χ0) is 24.5. The molecule has 7 nitrogen and oxygen atoms in total. The highest BCUT2D eigenvalue weighted by Gasteiger charge is 2.29. The molecule has 0 bridgehead atoms. The third-order valence-corrected chi connectivity index (χ3v) is 5.84. The largest absolute Gasteiger partial charge is 0.457 e. The van der Waals surface area contributed by atoms with Gasteiger partial charge in [-0.15, -0.1) is 0 Å². The molecule has 1 saturated heterocycles. The van der Waals surface area contributed by atoms with Crippen LogP contribution in [0, 0.1) is 11.7 Å². The Balaban J connectivity index is 1.40. The molecule has 0 radical (unpaired) electrons. The number of halogens is 1. The minimum absolute atomic E-state index is 0.0560. The number of carbonyl (C=O) groups is 4. The molecule has 1 aliphatic rings. The second-order valence-corrected chi connectivity index (χ2v) is 8.39. The van der Waals surface area contributed by atoms with Gasteiger partial charge in [0.2, 0.25) is 5.91 Å². The van der Waals surface area contributed by atoms with Crippen LogP contribution in [0.5, 0.6) is 0 Å². The predicted molar refractivity (Wildman–Crippen MR) is 124 cm³/mol. The van der Waals surface area contributed by atoms with Crippen molar-refractivity contribution in [1.82, 2.24) is 10.2 Å². The van der Waals surface area contributed by atoms with E-state index in [-0.39, 0.29) is 30.1 Å². The summed E-state index contributed by atoms with van der Waals surface area (Å²) < 4.78 is 18.3. The Hall–Kier alpha value is -3.55. The lowest BCUT2D eigenvalue weighted by atomic mass is 9.96. The number of nitrogens with zero attached hydrogens (tertiary/aromatic N) is 1. The summed E-state index contributed by atoms with van der Waals surface area (Å²) in [5, 5.41) is 2.74. The first-order valence-electron chi connectivity index (χ1n) is 11.4. The van der Waals surface area contributed by atoms with E-state index in [9.17, 15) is 23.6 Å². The first-order valence-corrected chi connectivity index (χ1v) is 11.4. The van der Waals surface area contributed by atoms with Crippen LogP contribution >= 0.6 is 0 Å². The smallest absolute Gasteiger partial charge is 0.309 e. The van der Waals surface area contributed by atoms with E-state index in [4.69, 9.17) is 4.74 Å². The standard InChI is InChI=1S/C26H29FN2O5/c1-18(30)28-14-2-3-19-4-6-20(7-5-19)24(31)17-34-26(33)22-12-15-29(16-13-22)25(32)21-8-10-23(27)11-9-21/h4-11,22H,2-3,12-17H2,1H3,(H,28,30). The van der Waals surface area contributed by atoms with Crippen LogP contribution in [0.15, 0.2) is 48.5 Å². The van der Waals surface area contributed by atoms with Gasteiger partial charge in [0, 0.05) is 37.7 Å². The highest BCUT2D eigenvalue weighted by Crippen LogP contribution is 2.21. The first kappa shape index (κ1) is 25.1. The fraction of sp³-hybridized carbons (Fsp3) is 0.385. The lowest BCUT2D eigenvalue weighted by Crippen LogP contribution is -2.40. The van der Waals surface area contributed by atoms with Crippen LogP contribution in [0.2, 0.25) is 0 Å². The maximum absolute atomic E-state index is 13.1. The maximum atomic E-state index is 13.1. The van der Waals surface area contributed by atoms with Crippen LogP contribution in [-0.2, 0) is 20.7 Å². The summed E-state index contributed by atoms with van der Waals surface area (Å²) in [6.07, 6.45) is 2.49. The van der Waals surface area contributed by atoms with Crippen LogP contribution in [-0.4, -0.2) is 54.7 Å². The Morgan fingerprint density at radius 3 is 2.21 bits per heavy atom. The van der Waals surface area contributed by atoms with Gasteiger partial charge < -0.3 is 15.0 Å². The Morgan fingerprint density at radius 2 is 1.59 bits per heavy atom. The highest BCUT2D eigenvalue weighted by atomic mass is 19.1. The number of piperidine rings is 1. The van der Waals surface area contributed by atoms with Gasteiger partial charge in [-0.3, -0.25) is 19.2 Å². The number of ketones is 1. The van der Waals surface area contributed by atoms with E-state index in [0.29, 0.717) is 43.6 Å². The monoisotopic (exact) mass is 468 g/mol. The van der Waals surface area contributed by atoms with E-state index in [1.807, 2.05) is 12.1 Å². The minimum Gasteiger partial charge on any atom is -0.457 e. The number of esters is 1. The second-order valence-electron chi connectivity index (χ2n) is 8.39. The fourth-order valence-electron chi connectivity index (χ4n) is 3.85. The lowest BCUT2D eigenvalue weighted by Gasteiger charge is -2.31. The number of hydrogen-bond donors (Lipinski definition) is 1. The molecule has 2 amide bonds. The van der Waals surface area contributed by atoms with E-state index >= 15 is 0 Å². The van der Waals surface area contributed by atoms with Crippen LogP contribution < -0.4 is 5.32 Å². The van der Waals surface area contributed by atoms with Crippen molar-refractivity contribution >= 4 is 23.6 Å². The molecule has 180 valence electrons. The van der Waals surface area contributed by atoms with E-state index in [1.54, 1.807) is 17.0 Å². The van der Waals surface area contributed by atoms with Gasteiger partial charge in [-0.05, 0) is 55.5 Å². The first-order chi connectivity index (χ1) is 16.3. The summed E-state index contributed by atoms with van der Waals surface area (Å²) in [7, 11) is 0. The summed E-state index contributed by atoms with van der Waals surface area (Å²) in [5.41, 5.74) is 1.94. The molecule has 2 aromatic carbocycles. The lowest BCUT2D eigenvalue weighted by molar-refractivity contribution is -0.148. The average Bonchev–Trinajstić information content (AvgIpc) is 2.85. The Bertz CT molecular complexity index is 1010. The third-order valence-electron chi connectivity index (χ3n) is 5.84. The Morgan fingerprint density at radius 1 is 0.971 bits per heavy atom. The van der Waals surface area contributed by atoms with Crippen LogP contribution in [0.4, 0.5) is 4.39 Å². The molecular weight excluding hydrogens is 439 g/mol. The van der Waals surface area contributed by atoms with Gasteiger partial charge in [0.25, 0.3) is 5.91 Å². The summed E-state index contributed by atoms with van der Waals surface area (Å²) >= 11 is 0. The van der Waals surface area contributed by atoms with Gasteiger partial charge in [-0.25, -0.2) is 4.39 Å². The molecule has 0 unspecified atom stereocenters. The SMILES string of the molecule is CC(=O)NCCCc1ccc(C(=O)COC(=O)C2CCN(C(=O)c3ccc(F)cc3)CC2)cc1. The van der Waals surface area contributed by atoms with Crippen LogP contribution in [0.25, 0.3) is 0 Å². The minimum atomic E-state index is -0.433. The van der Waals surface area contributed by atoms with Crippen molar-refractivity contribution < 1.29 is 28.3 Å². The quantitative estimate of drug-likeness (QED) is 0.347. The molecular formula is C26H29FN2O5. The summed E-state index contributed by atoms with van der Waals surface area (Å²) in [5.74, 6) is -1.72. The van der Waals surface area contributed by atoms with Crippen LogP contribution in [0.3, 0.4) is 0 Å². The molecule has 0 aromatic heterocycles. The average molecular weight is 469 g/mol. The van der Waals surface area contributed by atoms with Gasteiger partial charge >= 0.3 is 5.97 Å². The normalized spacial score (nSPS) is 13.9. The van der Waals surface area contributed by atoms with Gasteiger partial charge in [-0.1, -0.05) is 24.3 Å². The number of hydrogen-bond acceptors (Lipinski definition) is 5. The molecule has 0 atom stereocenters.